The summed E-state index contributed by atoms with van der Waals surface area (Å²) < 4.78 is 6.83. The van der Waals surface area contributed by atoms with E-state index in [0.29, 0.717) is 6.54 Å². The first kappa shape index (κ1) is 18.1. The molecule has 0 fully saturated rings. The Hall–Kier alpha value is -2.66. The Labute approximate surface area is 153 Å². The van der Waals surface area contributed by atoms with Gasteiger partial charge in [0.25, 0.3) is 5.56 Å². The predicted octanol–water partition coefficient (Wildman–Crippen LogP) is 3.42. The smallest absolute Gasteiger partial charge is 0.258 e. The molecular formula is C21H25N3O2. The highest BCUT2D eigenvalue weighted by atomic mass is 16.5. The van der Waals surface area contributed by atoms with E-state index >= 15 is 0 Å². The molecule has 1 aromatic carbocycles. The van der Waals surface area contributed by atoms with Gasteiger partial charge in [0.1, 0.15) is 11.4 Å². The number of aromatic nitrogens is 2. The number of benzene rings is 1. The highest BCUT2D eigenvalue weighted by molar-refractivity contribution is 5.46. The Kier molecular flexibility index (Phi) is 5.68. The van der Waals surface area contributed by atoms with Gasteiger partial charge in [-0.1, -0.05) is 25.1 Å². The van der Waals surface area contributed by atoms with Crippen molar-refractivity contribution in [3.63, 3.8) is 0 Å². The van der Waals surface area contributed by atoms with E-state index in [1.54, 1.807) is 23.8 Å². The second-order valence-electron chi connectivity index (χ2n) is 6.53. The molecule has 0 saturated carbocycles. The molecule has 0 spiro atoms. The molecular weight excluding hydrogens is 326 g/mol. The molecule has 2 aromatic heterocycles. The van der Waals surface area contributed by atoms with Gasteiger partial charge < -0.3 is 4.74 Å². The lowest BCUT2D eigenvalue weighted by Gasteiger charge is -2.21. The van der Waals surface area contributed by atoms with Crippen LogP contribution in [0.4, 0.5) is 0 Å². The summed E-state index contributed by atoms with van der Waals surface area (Å²) in [7, 11) is 1.67. The fourth-order valence-electron chi connectivity index (χ4n) is 3.14. The van der Waals surface area contributed by atoms with Crippen LogP contribution in [-0.4, -0.2) is 27.9 Å². The van der Waals surface area contributed by atoms with Gasteiger partial charge in [-0.25, -0.2) is 4.98 Å². The summed E-state index contributed by atoms with van der Waals surface area (Å²) in [5, 5.41) is 0. The van der Waals surface area contributed by atoms with Crippen LogP contribution < -0.4 is 10.3 Å². The first-order chi connectivity index (χ1) is 12.6. The van der Waals surface area contributed by atoms with Crippen molar-refractivity contribution in [2.45, 2.75) is 33.4 Å². The van der Waals surface area contributed by atoms with Crippen LogP contribution in [0.15, 0.2) is 53.5 Å². The Morgan fingerprint density at radius 2 is 1.92 bits per heavy atom. The highest BCUT2D eigenvalue weighted by Gasteiger charge is 2.10. The van der Waals surface area contributed by atoms with E-state index < -0.39 is 0 Å². The molecule has 0 atom stereocenters. The highest BCUT2D eigenvalue weighted by Crippen LogP contribution is 2.15. The minimum atomic E-state index is -0.0328. The van der Waals surface area contributed by atoms with E-state index in [1.165, 1.54) is 5.56 Å². The average Bonchev–Trinajstić information content (AvgIpc) is 2.63. The van der Waals surface area contributed by atoms with Crippen LogP contribution in [0, 0.1) is 6.92 Å². The van der Waals surface area contributed by atoms with Crippen LogP contribution in [0.5, 0.6) is 5.75 Å². The summed E-state index contributed by atoms with van der Waals surface area (Å²) in [6, 6.07) is 13.6. The molecule has 136 valence electrons. The van der Waals surface area contributed by atoms with Crippen LogP contribution in [-0.2, 0) is 13.1 Å². The first-order valence-corrected chi connectivity index (χ1v) is 8.94. The summed E-state index contributed by atoms with van der Waals surface area (Å²) in [5.41, 5.74) is 3.73. The average molecular weight is 351 g/mol. The molecule has 0 amide bonds. The fourth-order valence-corrected chi connectivity index (χ4v) is 3.14. The maximum absolute atomic E-state index is 12.4. The topological polar surface area (TPSA) is 46.8 Å². The summed E-state index contributed by atoms with van der Waals surface area (Å²) in [6.07, 6.45) is 2.81. The third kappa shape index (κ3) is 4.11. The van der Waals surface area contributed by atoms with Gasteiger partial charge in [0.2, 0.25) is 0 Å². The normalized spacial score (nSPS) is 11.2. The van der Waals surface area contributed by atoms with Crippen molar-refractivity contribution >= 4 is 5.65 Å². The van der Waals surface area contributed by atoms with E-state index in [0.717, 1.165) is 42.2 Å². The quantitative estimate of drug-likeness (QED) is 0.654. The van der Waals surface area contributed by atoms with Gasteiger partial charge in [-0.05, 0) is 49.2 Å². The van der Waals surface area contributed by atoms with Crippen molar-refractivity contribution in [1.29, 1.82) is 0 Å². The summed E-state index contributed by atoms with van der Waals surface area (Å²) in [5.74, 6) is 0.857. The van der Waals surface area contributed by atoms with Gasteiger partial charge in [-0.3, -0.25) is 14.1 Å². The van der Waals surface area contributed by atoms with Crippen molar-refractivity contribution in [1.82, 2.24) is 14.3 Å². The number of rotatable bonds is 7. The molecule has 0 radical (unpaired) electrons. The number of methoxy groups -OCH3 is 1. The number of hydrogen-bond acceptors (Lipinski definition) is 4. The zero-order chi connectivity index (χ0) is 18.5. The van der Waals surface area contributed by atoms with Crippen LogP contribution in [0.3, 0.4) is 0 Å². The molecule has 0 aliphatic rings. The molecule has 5 heteroatoms. The largest absolute Gasteiger partial charge is 0.497 e. The zero-order valence-corrected chi connectivity index (χ0v) is 15.6. The Balaban J connectivity index is 1.84. The lowest BCUT2D eigenvalue weighted by molar-refractivity contribution is 0.254. The molecule has 0 N–H and O–H groups in total. The first-order valence-electron chi connectivity index (χ1n) is 8.94. The van der Waals surface area contributed by atoms with E-state index in [-0.39, 0.29) is 5.56 Å². The number of pyridine rings is 1. The summed E-state index contributed by atoms with van der Waals surface area (Å²) in [6.45, 7) is 6.55. The maximum Gasteiger partial charge on any atom is 0.258 e. The molecule has 0 bridgehead atoms. The number of ether oxygens (including phenoxy) is 1. The fraction of sp³-hybridized carbons (Fsp3) is 0.333. The Bertz CT molecular complexity index is 932. The van der Waals surface area contributed by atoms with E-state index in [4.69, 9.17) is 9.72 Å². The number of hydrogen-bond donors (Lipinski definition) is 0. The van der Waals surface area contributed by atoms with Crippen molar-refractivity contribution in [3.05, 3.63) is 75.8 Å². The standard InChI is InChI=1S/C21H25N3O2/c1-4-11-23(14-17-7-9-19(26-3)10-8-17)15-18-13-20(25)24-12-5-6-16(2)21(24)22-18/h5-10,12-13H,4,11,14-15H2,1-3H3. The lowest BCUT2D eigenvalue weighted by atomic mass is 10.2. The minimum absolute atomic E-state index is 0.0328. The molecule has 5 nitrogen and oxygen atoms in total. The van der Waals surface area contributed by atoms with Gasteiger partial charge in [-0.15, -0.1) is 0 Å². The predicted molar refractivity (Wildman–Crippen MR) is 104 cm³/mol. The van der Waals surface area contributed by atoms with Crippen LogP contribution in [0.25, 0.3) is 5.65 Å². The lowest BCUT2D eigenvalue weighted by Crippen LogP contribution is -2.26. The third-order valence-electron chi connectivity index (χ3n) is 4.43. The van der Waals surface area contributed by atoms with E-state index in [1.807, 2.05) is 31.2 Å². The molecule has 3 rings (SSSR count). The van der Waals surface area contributed by atoms with Gasteiger partial charge in [0, 0.05) is 25.4 Å². The second-order valence-corrected chi connectivity index (χ2v) is 6.53. The zero-order valence-electron chi connectivity index (χ0n) is 15.6. The molecule has 0 unspecified atom stereocenters. The number of fused-ring (bicyclic) bond motifs is 1. The minimum Gasteiger partial charge on any atom is -0.497 e. The van der Waals surface area contributed by atoms with Crippen molar-refractivity contribution in [3.8, 4) is 5.75 Å². The van der Waals surface area contributed by atoms with Gasteiger partial charge in [0.15, 0.2) is 0 Å². The van der Waals surface area contributed by atoms with Gasteiger partial charge in [0.05, 0.1) is 12.8 Å². The summed E-state index contributed by atoms with van der Waals surface area (Å²) >= 11 is 0. The molecule has 3 aromatic rings. The van der Waals surface area contributed by atoms with Crippen LogP contribution in [0.1, 0.15) is 30.2 Å². The van der Waals surface area contributed by atoms with E-state index in [2.05, 4.69) is 24.0 Å². The summed E-state index contributed by atoms with van der Waals surface area (Å²) in [4.78, 5) is 19.5. The molecule has 26 heavy (non-hydrogen) atoms. The van der Waals surface area contributed by atoms with Gasteiger partial charge >= 0.3 is 0 Å². The van der Waals surface area contributed by atoms with Crippen molar-refractivity contribution in [2.24, 2.45) is 0 Å². The van der Waals surface area contributed by atoms with Crippen LogP contribution in [0.2, 0.25) is 0 Å². The second kappa shape index (κ2) is 8.15. The van der Waals surface area contributed by atoms with Gasteiger partial charge in [-0.2, -0.15) is 0 Å². The van der Waals surface area contributed by atoms with Crippen LogP contribution >= 0.6 is 0 Å². The SMILES string of the molecule is CCCN(Cc1ccc(OC)cc1)Cc1cc(=O)n2cccc(C)c2n1. The van der Waals surface area contributed by atoms with E-state index in [9.17, 15) is 4.79 Å². The number of aryl methyl sites for hydroxylation is 1. The third-order valence-corrected chi connectivity index (χ3v) is 4.43. The maximum atomic E-state index is 12.4. The number of nitrogens with zero attached hydrogens (tertiary/aromatic N) is 3. The molecule has 0 aliphatic carbocycles. The Morgan fingerprint density at radius 1 is 1.15 bits per heavy atom. The molecule has 0 saturated heterocycles. The van der Waals surface area contributed by atoms with Crippen molar-refractivity contribution in [2.75, 3.05) is 13.7 Å². The van der Waals surface area contributed by atoms with Crippen molar-refractivity contribution < 1.29 is 4.74 Å². The monoisotopic (exact) mass is 351 g/mol. The molecule has 2 heterocycles. The molecule has 0 aliphatic heterocycles. The Morgan fingerprint density at radius 3 is 2.62 bits per heavy atom.